The number of likely N-dealkylation sites (tertiary alicyclic amines) is 1. The third-order valence-electron chi connectivity index (χ3n) is 7.94. The minimum absolute atomic E-state index is 0.103. The van der Waals surface area contributed by atoms with Crippen LogP contribution in [0.1, 0.15) is 129 Å². The largest absolute Gasteiger partial charge is 0.379 e. The number of rotatable bonds is 25. The maximum atomic E-state index is 12.5. The topological polar surface area (TPSA) is 65.0 Å². The van der Waals surface area contributed by atoms with Crippen LogP contribution in [0.4, 0.5) is 0 Å². The lowest BCUT2D eigenvalue weighted by atomic mass is 10.0. The maximum Gasteiger partial charge on any atom is 0.328 e. The number of piperidine rings is 1. The van der Waals surface area contributed by atoms with Gasteiger partial charge in [-0.3, -0.25) is 4.57 Å². The van der Waals surface area contributed by atoms with Crippen molar-refractivity contribution in [1.29, 1.82) is 0 Å². The summed E-state index contributed by atoms with van der Waals surface area (Å²) in [5.41, 5.74) is 0. The van der Waals surface area contributed by atoms with Crippen LogP contribution < -0.4 is 0 Å². The van der Waals surface area contributed by atoms with Crippen molar-refractivity contribution >= 4 is 7.60 Å². The molecule has 37 heavy (non-hydrogen) atoms. The van der Waals surface area contributed by atoms with Crippen LogP contribution in [0.15, 0.2) is 0 Å². The summed E-state index contributed by atoms with van der Waals surface area (Å²) in [5, 5.41) is 0. The lowest BCUT2D eigenvalue weighted by molar-refractivity contribution is -0.896. The summed E-state index contributed by atoms with van der Waals surface area (Å²) in [6.07, 6.45) is 23.9. The summed E-state index contributed by atoms with van der Waals surface area (Å²) in [4.78, 5) is 10.3. The van der Waals surface area contributed by atoms with E-state index in [2.05, 4.69) is 21.0 Å². The van der Waals surface area contributed by atoms with E-state index in [0.29, 0.717) is 13.0 Å². The van der Waals surface area contributed by atoms with E-state index in [-0.39, 0.29) is 18.4 Å². The van der Waals surface area contributed by atoms with Crippen LogP contribution in [-0.4, -0.2) is 75.3 Å². The van der Waals surface area contributed by atoms with E-state index >= 15 is 0 Å². The Kier molecular flexibility index (Phi) is 20.7. The van der Waals surface area contributed by atoms with Crippen molar-refractivity contribution in [3.8, 4) is 0 Å². The average molecular weight is 549 g/mol. The molecule has 2 atom stereocenters. The zero-order valence-electron chi connectivity index (χ0n) is 25.1. The van der Waals surface area contributed by atoms with Gasteiger partial charge in [-0.15, -0.1) is 0 Å². The van der Waals surface area contributed by atoms with E-state index in [1.54, 1.807) is 7.11 Å². The molecule has 2 unspecified atom stereocenters. The van der Waals surface area contributed by atoms with Crippen LogP contribution in [0.5, 0.6) is 0 Å². The van der Waals surface area contributed by atoms with Crippen LogP contribution in [0.25, 0.3) is 0 Å². The van der Waals surface area contributed by atoms with Crippen LogP contribution >= 0.6 is 7.60 Å². The van der Waals surface area contributed by atoms with Crippen molar-refractivity contribution < 1.29 is 27.9 Å². The second-order valence-corrected chi connectivity index (χ2v) is 14.0. The van der Waals surface area contributed by atoms with Gasteiger partial charge in [-0.25, -0.2) is 0 Å². The summed E-state index contributed by atoms with van der Waals surface area (Å²) < 4.78 is 30.4. The van der Waals surface area contributed by atoms with Gasteiger partial charge in [0.2, 0.25) is 0 Å². The molecular formula is C30H63NO5P+. The molecule has 1 aliphatic rings. The van der Waals surface area contributed by atoms with E-state index in [9.17, 15) is 9.46 Å². The van der Waals surface area contributed by atoms with Crippen molar-refractivity contribution in [3.05, 3.63) is 0 Å². The van der Waals surface area contributed by atoms with Gasteiger partial charge in [-0.1, -0.05) is 103 Å². The molecule has 0 bridgehead atoms. The first-order valence-corrected chi connectivity index (χ1v) is 17.5. The average Bonchev–Trinajstić information content (AvgIpc) is 2.86. The van der Waals surface area contributed by atoms with Crippen LogP contribution in [0, 0.1) is 0 Å². The molecule has 0 aliphatic carbocycles. The summed E-state index contributed by atoms with van der Waals surface area (Å²) in [5.74, 6) is 0. The Bertz CT molecular complexity index is 564. The number of ether oxygens (including phenoxy) is 2. The molecule has 1 saturated heterocycles. The molecule has 1 aliphatic heterocycles. The predicted molar refractivity (Wildman–Crippen MR) is 156 cm³/mol. The molecule has 0 saturated carbocycles. The first-order chi connectivity index (χ1) is 17.8. The number of nitrogens with zero attached hydrogens (tertiary/aromatic N) is 1. The third kappa shape index (κ3) is 20.6. The molecule has 0 amide bonds. The second kappa shape index (κ2) is 21.8. The molecular weight excluding hydrogens is 485 g/mol. The Morgan fingerprint density at radius 2 is 1.27 bits per heavy atom. The standard InChI is InChI=1S/C30H62NO5P/c1-5-6-7-8-9-10-11-12-13-14-15-16-17-18-19-20-26-35-28-30(34-4)23-27-37(32,33)36-29-21-24-31(2,3)25-22-29/h29-30H,5-28H2,1-4H3/p+1. The zero-order valence-corrected chi connectivity index (χ0v) is 26.0. The predicted octanol–water partition coefficient (Wildman–Crippen LogP) is 8.11. The van der Waals surface area contributed by atoms with E-state index in [1.807, 2.05) is 0 Å². The SMILES string of the molecule is CCCCCCCCCCCCCCCCCCOCC(CCP(=O)(O)OC1CC[N+](C)(C)CC1)OC. The van der Waals surface area contributed by atoms with Gasteiger partial charge in [0.25, 0.3) is 0 Å². The highest BCUT2D eigenvalue weighted by Gasteiger charge is 2.32. The van der Waals surface area contributed by atoms with Gasteiger partial charge >= 0.3 is 7.60 Å². The Morgan fingerprint density at radius 1 is 0.811 bits per heavy atom. The third-order valence-corrected chi connectivity index (χ3v) is 9.39. The van der Waals surface area contributed by atoms with Gasteiger partial charge in [0.15, 0.2) is 0 Å². The quantitative estimate of drug-likeness (QED) is 0.0709. The molecule has 6 nitrogen and oxygen atoms in total. The molecule has 222 valence electrons. The highest BCUT2D eigenvalue weighted by Crippen LogP contribution is 2.46. The molecule has 0 aromatic rings. The normalized spacial score (nSPS) is 18.6. The van der Waals surface area contributed by atoms with Crippen LogP contribution in [0.2, 0.25) is 0 Å². The Labute approximate surface area is 230 Å². The van der Waals surface area contributed by atoms with Crippen molar-refractivity contribution in [2.45, 2.75) is 141 Å². The molecule has 1 N–H and O–H groups in total. The lowest BCUT2D eigenvalue weighted by Crippen LogP contribution is -2.47. The van der Waals surface area contributed by atoms with E-state index < -0.39 is 7.60 Å². The zero-order chi connectivity index (χ0) is 27.2. The van der Waals surface area contributed by atoms with Crippen LogP contribution in [0.3, 0.4) is 0 Å². The Hall–Kier alpha value is 0.0300. The van der Waals surface area contributed by atoms with Gasteiger partial charge < -0.3 is 23.4 Å². The van der Waals surface area contributed by atoms with Gasteiger partial charge in [-0.2, -0.15) is 0 Å². The smallest absolute Gasteiger partial charge is 0.328 e. The number of quaternary nitrogens is 1. The number of unbranched alkanes of at least 4 members (excludes halogenated alkanes) is 15. The molecule has 0 aromatic heterocycles. The highest BCUT2D eigenvalue weighted by molar-refractivity contribution is 7.52. The summed E-state index contributed by atoms with van der Waals surface area (Å²) in [6, 6.07) is 0. The lowest BCUT2D eigenvalue weighted by Gasteiger charge is -2.37. The van der Waals surface area contributed by atoms with Crippen molar-refractivity contribution in [2.75, 3.05) is 53.7 Å². The van der Waals surface area contributed by atoms with E-state index in [0.717, 1.165) is 43.4 Å². The fraction of sp³-hybridized carbons (Fsp3) is 1.00. The van der Waals surface area contributed by atoms with Crippen molar-refractivity contribution in [2.24, 2.45) is 0 Å². The summed E-state index contributed by atoms with van der Waals surface area (Å²) in [6.45, 7) is 5.47. The minimum atomic E-state index is -3.59. The molecule has 1 heterocycles. The molecule has 7 heteroatoms. The fourth-order valence-corrected chi connectivity index (χ4v) is 6.57. The monoisotopic (exact) mass is 548 g/mol. The first-order valence-electron chi connectivity index (χ1n) is 15.7. The van der Waals surface area contributed by atoms with Gasteiger partial charge in [0.1, 0.15) is 0 Å². The minimum Gasteiger partial charge on any atom is -0.379 e. The fourth-order valence-electron chi connectivity index (χ4n) is 5.18. The molecule has 0 radical (unpaired) electrons. The molecule has 1 rings (SSSR count). The molecule has 0 aromatic carbocycles. The van der Waals surface area contributed by atoms with Crippen molar-refractivity contribution in [1.82, 2.24) is 0 Å². The van der Waals surface area contributed by atoms with E-state index in [4.69, 9.17) is 14.0 Å². The molecule has 1 fully saturated rings. The molecule has 0 spiro atoms. The Morgan fingerprint density at radius 3 is 1.73 bits per heavy atom. The summed E-state index contributed by atoms with van der Waals surface area (Å²) >= 11 is 0. The first kappa shape index (κ1) is 35.1. The van der Waals surface area contributed by atoms with Crippen LogP contribution in [-0.2, 0) is 18.6 Å². The number of methoxy groups -OCH3 is 1. The van der Waals surface area contributed by atoms with Gasteiger partial charge in [0, 0.05) is 26.6 Å². The maximum absolute atomic E-state index is 12.5. The number of hydrogen-bond acceptors (Lipinski definition) is 4. The van der Waals surface area contributed by atoms with E-state index in [1.165, 1.54) is 96.3 Å². The van der Waals surface area contributed by atoms with Crippen molar-refractivity contribution in [3.63, 3.8) is 0 Å². The second-order valence-electron chi connectivity index (χ2n) is 12.1. The highest BCUT2D eigenvalue weighted by atomic mass is 31.2. The Balaban J connectivity index is 1.91. The number of hydrogen-bond donors (Lipinski definition) is 1. The summed E-state index contributed by atoms with van der Waals surface area (Å²) in [7, 11) is 2.44. The van der Waals surface area contributed by atoms with Gasteiger partial charge in [-0.05, 0) is 12.8 Å². The van der Waals surface area contributed by atoms with Gasteiger partial charge in [0.05, 0.1) is 52.2 Å².